The second-order valence-corrected chi connectivity index (χ2v) is 6.10. The minimum absolute atomic E-state index is 0.277. The molecule has 4 rings (SSSR count). The zero-order valence-corrected chi connectivity index (χ0v) is 14.4. The third kappa shape index (κ3) is 3.26. The number of hydrogen-bond acceptors (Lipinski definition) is 3. The van der Waals surface area contributed by atoms with Crippen LogP contribution in [-0.4, -0.2) is 11.7 Å². The number of rotatable bonds is 3. The van der Waals surface area contributed by atoms with Gasteiger partial charge in [-0.2, -0.15) is 0 Å². The Hall–Kier alpha value is -3.27. The lowest BCUT2D eigenvalue weighted by atomic mass is 10.1. The molecule has 1 N–H and O–H groups in total. The van der Waals surface area contributed by atoms with E-state index in [4.69, 9.17) is 9.98 Å². The Kier molecular flexibility index (Phi) is 4.32. The predicted molar refractivity (Wildman–Crippen MR) is 105 cm³/mol. The molecule has 26 heavy (non-hydrogen) atoms. The Balaban J connectivity index is 1.88. The van der Waals surface area contributed by atoms with Gasteiger partial charge in [-0.05, 0) is 48.4 Å². The molecule has 0 radical (unpaired) electrons. The van der Waals surface area contributed by atoms with Crippen molar-refractivity contribution in [2.45, 2.75) is 13.3 Å². The Morgan fingerprint density at radius 1 is 0.846 bits per heavy atom. The van der Waals surface area contributed by atoms with Crippen molar-refractivity contribution in [3.8, 4) is 0 Å². The number of aryl methyl sites for hydroxylation is 1. The molecular weight excluding hydrogens is 325 g/mol. The van der Waals surface area contributed by atoms with E-state index in [1.54, 1.807) is 12.1 Å². The fraction of sp³-hybridized carbons (Fsp3) is 0.0909. The zero-order valence-electron chi connectivity index (χ0n) is 14.4. The number of hydrogen-bond donors (Lipinski definition) is 1. The van der Waals surface area contributed by atoms with Crippen LogP contribution >= 0.6 is 0 Å². The highest BCUT2D eigenvalue weighted by molar-refractivity contribution is 6.19. The van der Waals surface area contributed by atoms with Crippen LogP contribution in [0.4, 0.5) is 15.8 Å². The molecule has 0 unspecified atom stereocenters. The van der Waals surface area contributed by atoms with Crippen LogP contribution in [0.25, 0.3) is 0 Å². The molecule has 4 heteroatoms. The summed E-state index contributed by atoms with van der Waals surface area (Å²) in [6.45, 7) is 2.12. The lowest BCUT2D eigenvalue weighted by molar-refractivity contribution is 0.628. The second-order valence-electron chi connectivity index (χ2n) is 6.10. The Morgan fingerprint density at radius 2 is 1.62 bits per heavy atom. The van der Waals surface area contributed by atoms with E-state index in [1.807, 2.05) is 36.4 Å². The van der Waals surface area contributed by atoms with E-state index in [-0.39, 0.29) is 5.82 Å². The first-order chi connectivity index (χ1) is 12.7. The molecule has 1 heterocycles. The lowest BCUT2D eigenvalue weighted by Gasteiger charge is -2.11. The molecule has 0 spiro atoms. The van der Waals surface area contributed by atoms with E-state index in [1.165, 1.54) is 17.7 Å². The molecule has 1 aliphatic heterocycles. The van der Waals surface area contributed by atoms with Crippen LogP contribution in [0.3, 0.4) is 0 Å². The molecule has 0 aromatic heterocycles. The number of nitrogens with zero attached hydrogens (tertiary/aromatic N) is 2. The number of amidine groups is 2. The largest absolute Gasteiger partial charge is 0.338 e. The first-order valence-electron chi connectivity index (χ1n) is 8.61. The molecule has 0 saturated heterocycles. The predicted octanol–water partition coefficient (Wildman–Crippen LogP) is 5.34. The van der Waals surface area contributed by atoms with E-state index in [9.17, 15) is 4.39 Å². The summed E-state index contributed by atoms with van der Waals surface area (Å²) in [5, 5.41) is 3.42. The molecule has 0 fully saturated rings. The monoisotopic (exact) mass is 343 g/mol. The number of nitrogens with one attached hydrogen (secondary N) is 1. The van der Waals surface area contributed by atoms with Gasteiger partial charge in [0.1, 0.15) is 11.7 Å². The molecule has 0 atom stereocenters. The molecule has 0 saturated carbocycles. The SMILES string of the molecule is CCc1ccc2c(c1)NC(c1ccccc1)=NC(c1ccc(F)cc1)=N2. The Morgan fingerprint density at radius 3 is 2.35 bits per heavy atom. The average molecular weight is 343 g/mol. The highest BCUT2D eigenvalue weighted by Gasteiger charge is 2.15. The fourth-order valence-corrected chi connectivity index (χ4v) is 2.86. The van der Waals surface area contributed by atoms with Crippen LogP contribution in [0.2, 0.25) is 0 Å². The summed E-state index contributed by atoms with van der Waals surface area (Å²) in [5.41, 5.74) is 4.70. The summed E-state index contributed by atoms with van der Waals surface area (Å²) in [5.74, 6) is 1.00. The minimum Gasteiger partial charge on any atom is -0.338 e. The van der Waals surface area contributed by atoms with E-state index < -0.39 is 0 Å². The highest BCUT2D eigenvalue weighted by atomic mass is 19.1. The van der Waals surface area contributed by atoms with Gasteiger partial charge < -0.3 is 5.32 Å². The van der Waals surface area contributed by atoms with Crippen molar-refractivity contribution >= 4 is 23.0 Å². The maximum absolute atomic E-state index is 13.3. The number of benzene rings is 3. The van der Waals surface area contributed by atoms with Crippen molar-refractivity contribution in [2.75, 3.05) is 5.32 Å². The van der Waals surface area contributed by atoms with Gasteiger partial charge >= 0.3 is 0 Å². The number of fused-ring (bicyclic) bond motifs is 1. The summed E-state index contributed by atoms with van der Waals surface area (Å²) >= 11 is 0. The van der Waals surface area contributed by atoms with Gasteiger partial charge in [0.2, 0.25) is 0 Å². The van der Waals surface area contributed by atoms with Crippen LogP contribution < -0.4 is 5.32 Å². The van der Waals surface area contributed by atoms with Crippen molar-refractivity contribution in [1.29, 1.82) is 0 Å². The molecule has 3 aromatic carbocycles. The Labute approximate surface area is 152 Å². The van der Waals surface area contributed by atoms with Crippen LogP contribution in [0.15, 0.2) is 82.8 Å². The van der Waals surface area contributed by atoms with E-state index >= 15 is 0 Å². The van der Waals surface area contributed by atoms with Gasteiger partial charge in [0.15, 0.2) is 5.84 Å². The molecule has 0 aliphatic carbocycles. The van der Waals surface area contributed by atoms with Crippen LogP contribution in [0.5, 0.6) is 0 Å². The smallest absolute Gasteiger partial charge is 0.162 e. The Bertz CT molecular complexity index is 990. The van der Waals surface area contributed by atoms with Gasteiger partial charge in [0, 0.05) is 11.1 Å². The zero-order chi connectivity index (χ0) is 17.9. The quantitative estimate of drug-likeness (QED) is 0.685. The number of anilines is 1. The third-order valence-corrected chi connectivity index (χ3v) is 4.32. The first-order valence-corrected chi connectivity index (χ1v) is 8.61. The van der Waals surface area contributed by atoms with Gasteiger partial charge in [0.05, 0.1) is 11.4 Å². The van der Waals surface area contributed by atoms with Crippen molar-refractivity contribution in [2.24, 2.45) is 9.98 Å². The van der Waals surface area contributed by atoms with Crippen molar-refractivity contribution in [3.05, 3.63) is 95.3 Å². The first kappa shape index (κ1) is 16.2. The maximum atomic E-state index is 13.3. The molecule has 0 amide bonds. The topological polar surface area (TPSA) is 36.8 Å². The number of halogens is 1. The lowest BCUT2D eigenvalue weighted by Crippen LogP contribution is -2.15. The fourth-order valence-electron chi connectivity index (χ4n) is 2.86. The normalized spacial score (nSPS) is 13.2. The molecule has 3 aromatic rings. The van der Waals surface area contributed by atoms with Crippen molar-refractivity contribution < 1.29 is 4.39 Å². The molecule has 3 nitrogen and oxygen atoms in total. The summed E-state index contributed by atoms with van der Waals surface area (Å²) < 4.78 is 13.3. The summed E-state index contributed by atoms with van der Waals surface area (Å²) in [6.07, 6.45) is 0.946. The van der Waals surface area contributed by atoms with E-state index in [0.29, 0.717) is 5.84 Å². The van der Waals surface area contributed by atoms with Gasteiger partial charge in [-0.3, -0.25) is 0 Å². The number of aliphatic imine (C=N–C) groups is 2. The van der Waals surface area contributed by atoms with Crippen LogP contribution in [0, 0.1) is 5.82 Å². The minimum atomic E-state index is -0.277. The van der Waals surface area contributed by atoms with Gasteiger partial charge in [-0.25, -0.2) is 14.4 Å². The van der Waals surface area contributed by atoms with E-state index in [0.717, 1.165) is 34.8 Å². The second kappa shape index (κ2) is 6.92. The van der Waals surface area contributed by atoms with Crippen molar-refractivity contribution in [1.82, 2.24) is 0 Å². The standard InChI is InChI=1S/C22H18FN3/c1-2-15-8-13-19-20(14-15)25-21(16-6-4-3-5-7-16)26-22(24-19)17-9-11-18(23)12-10-17/h3-14H,2H2,1H3,(H,24,25,26). The summed E-state index contributed by atoms with van der Waals surface area (Å²) in [4.78, 5) is 9.48. The molecular formula is C22H18FN3. The summed E-state index contributed by atoms with van der Waals surface area (Å²) in [6, 6.07) is 22.3. The molecule has 1 aliphatic rings. The third-order valence-electron chi connectivity index (χ3n) is 4.32. The highest BCUT2D eigenvalue weighted by Crippen LogP contribution is 2.30. The van der Waals surface area contributed by atoms with Gasteiger partial charge in [0.25, 0.3) is 0 Å². The van der Waals surface area contributed by atoms with Crippen LogP contribution in [-0.2, 0) is 6.42 Å². The molecule has 0 bridgehead atoms. The van der Waals surface area contributed by atoms with Crippen molar-refractivity contribution in [3.63, 3.8) is 0 Å². The average Bonchev–Trinajstić information content (AvgIpc) is 2.88. The van der Waals surface area contributed by atoms with Gasteiger partial charge in [-0.1, -0.05) is 43.3 Å². The van der Waals surface area contributed by atoms with Crippen LogP contribution in [0.1, 0.15) is 23.6 Å². The summed E-state index contributed by atoms with van der Waals surface area (Å²) in [7, 11) is 0. The molecule has 128 valence electrons. The van der Waals surface area contributed by atoms with Gasteiger partial charge in [-0.15, -0.1) is 0 Å². The van der Waals surface area contributed by atoms with E-state index in [2.05, 4.69) is 24.4 Å². The maximum Gasteiger partial charge on any atom is 0.162 e.